The van der Waals surface area contributed by atoms with E-state index in [4.69, 9.17) is 9.72 Å². The number of rotatable bonds is 12. The summed E-state index contributed by atoms with van der Waals surface area (Å²) in [5, 5.41) is 6.42. The highest BCUT2D eigenvalue weighted by atomic mass is 19.1. The standard InChI is InChI=1S/C51H59FN10O4/c1-58-39(28-41-40(13-18-53-49(41)58)37-7-9-44-46(27-37)56-47(55-44)32-66-2)31-59-19-16-35(17-20-59)34-3-5-36(6-4-34)51(65)62-21-14-33(15-22-62)30-60-23-25-61(26-24-60)38-8-10-43(42(52)29-38)54-45-11-12-48(63)57-50(45)64/h3-10,13,18,27-29,33,35,45,54H,11-12,14-17,19-26,30-32H2,1-2H3,(H,55,56)(H,57,63,64). The summed E-state index contributed by atoms with van der Waals surface area (Å²) in [6.07, 6.45) is 6.62. The molecule has 1 atom stereocenters. The van der Waals surface area contributed by atoms with Crippen LogP contribution in [0.15, 0.2) is 79.0 Å². The average Bonchev–Trinajstić information content (AvgIpc) is 3.90. The number of anilines is 2. The van der Waals surface area contributed by atoms with Crippen LogP contribution in [0.2, 0.25) is 0 Å². The number of benzene rings is 3. The Morgan fingerprint density at radius 3 is 2.39 bits per heavy atom. The van der Waals surface area contributed by atoms with Crippen LogP contribution in [0.4, 0.5) is 15.8 Å². The van der Waals surface area contributed by atoms with Crippen LogP contribution in [0.5, 0.6) is 0 Å². The molecule has 0 saturated carbocycles. The van der Waals surface area contributed by atoms with Crippen LogP contribution in [0.3, 0.4) is 0 Å². The number of amides is 3. The summed E-state index contributed by atoms with van der Waals surface area (Å²) in [6.45, 7) is 9.30. The van der Waals surface area contributed by atoms with Gasteiger partial charge < -0.3 is 29.4 Å². The second-order valence-electron chi connectivity index (χ2n) is 18.6. The van der Waals surface area contributed by atoms with Gasteiger partial charge in [-0.2, -0.15) is 0 Å². The number of halogens is 1. The lowest BCUT2D eigenvalue weighted by molar-refractivity contribution is -0.133. The summed E-state index contributed by atoms with van der Waals surface area (Å²) in [7, 11) is 3.79. The van der Waals surface area contributed by atoms with Crippen molar-refractivity contribution >= 4 is 51.2 Å². The number of methoxy groups -OCH3 is 1. The number of nitrogens with one attached hydrogen (secondary N) is 3. The number of hydrogen-bond donors (Lipinski definition) is 3. The van der Waals surface area contributed by atoms with Crippen LogP contribution in [0, 0.1) is 11.7 Å². The first kappa shape index (κ1) is 43.7. The summed E-state index contributed by atoms with van der Waals surface area (Å²) in [5.74, 6) is 0.835. The fraction of sp³-hybridized carbons (Fsp3) is 0.431. The van der Waals surface area contributed by atoms with Gasteiger partial charge in [-0.15, -0.1) is 0 Å². The third-order valence-electron chi connectivity index (χ3n) is 14.4. The van der Waals surface area contributed by atoms with Crippen molar-refractivity contribution in [1.29, 1.82) is 0 Å². The van der Waals surface area contributed by atoms with Crippen molar-refractivity contribution in [3.8, 4) is 11.1 Å². The predicted octanol–water partition coefficient (Wildman–Crippen LogP) is 6.67. The van der Waals surface area contributed by atoms with Crippen molar-refractivity contribution < 1.29 is 23.5 Å². The highest BCUT2D eigenvalue weighted by Crippen LogP contribution is 2.34. The van der Waals surface area contributed by atoms with Gasteiger partial charge in [-0.05, 0) is 128 Å². The molecule has 6 aromatic rings. The topological polar surface area (TPSA) is 144 Å². The lowest BCUT2D eigenvalue weighted by Gasteiger charge is -2.39. The smallest absolute Gasteiger partial charge is 0.253 e. The van der Waals surface area contributed by atoms with Gasteiger partial charge in [-0.3, -0.25) is 29.5 Å². The Bertz CT molecular complexity index is 2730. The maximum Gasteiger partial charge on any atom is 0.253 e. The molecule has 4 saturated heterocycles. The van der Waals surface area contributed by atoms with Crippen molar-refractivity contribution in [2.45, 2.75) is 63.6 Å². The number of aryl methyl sites for hydroxylation is 1. The van der Waals surface area contributed by atoms with Gasteiger partial charge >= 0.3 is 0 Å². The van der Waals surface area contributed by atoms with E-state index in [2.05, 4.69) is 89.4 Å². The van der Waals surface area contributed by atoms with Crippen LogP contribution >= 0.6 is 0 Å². The van der Waals surface area contributed by atoms with E-state index in [0.717, 1.165) is 141 Å². The SMILES string of the molecule is COCc1nc2ccc(-c3ccnc4c3cc(CN3CCC(c5ccc(C(=O)N6CCC(CN7CCN(c8ccc(NC9CCC(=O)NC9=O)c(F)c8)CC7)CC6)cc5)CC3)n4C)cc2[nH]1. The number of fused-ring (bicyclic) bond motifs is 2. The van der Waals surface area contributed by atoms with E-state index in [1.54, 1.807) is 13.2 Å². The van der Waals surface area contributed by atoms with Crippen molar-refractivity contribution in [3.05, 3.63) is 107 Å². The summed E-state index contributed by atoms with van der Waals surface area (Å²) >= 11 is 0. The number of piperidine rings is 3. The fourth-order valence-corrected chi connectivity index (χ4v) is 10.6. The van der Waals surface area contributed by atoms with E-state index in [1.165, 1.54) is 17.3 Å². The number of nitrogens with zero attached hydrogens (tertiary/aromatic N) is 7. The normalized spacial score (nSPS) is 19.5. The maximum atomic E-state index is 15.1. The minimum absolute atomic E-state index is 0.125. The molecule has 4 fully saturated rings. The Kier molecular flexibility index (Phi) is 12.6. The number of imidazole rings is 1. The third kappa shape index (κ3) is 9.29. The number of imide groups is 1. The van der Waals surface area contributed by atoms with Crippen LogP contribution in [0.25, 0.3) is 33.2 Å². The number of aromatic amines is 1. The Hall–Kier alpha value is -6.16. The number of pyridine rings is 1. The number of H-pyrrole nitrogens is 1. The van der Waals surface area contributed by atoms with Gasteiger partial charge in [-0.25, -0.2) is 14.4 Å². The molecule has 10 rings (SSSR count). The maximum absolute atomic E-state index is 15.1. The molecule has 3 N–H and O–H groups in total. The number of aromatic nitrogens is 4. The molecule has 4 aliphatic rings. The first-order valence-corrected chi connectivity index (χ1v) is 23.6. The highest BCUT2D eigenvalue weighted by molar-refractivity contribution is 6.01. The predicted molar refractivity (Wildman–Crippen MR) is 254 cm³/mol. The molecule has 0 radical (unpaired) electrons. The summed E-state index contributed by atoms with van der Waals surface area (Å²) in [6, 6.07) is 23.7. The van der Waals surface area contributed by atoms with Crippen molar-refractivity contribution in [2.75, 3.05) is 76.2 Å². The fourth-order valence-electron chi connectivity index (χ4n) is 10.6. The number of piperazine rings is 1. The largest absolute Gasteiger partial charge is 0.377 e. The molecule has 344 valence electrons. The van der Waals surface area contributed by atoms with E-state index >= 15 is 4.39 Å². The molecule has 3 amide bonds. The molecule has 7 heterocycles. The lowest BCUT2D eigenvalue weighted by Crippen LogP contribution is -2.49. The minimum atomic E-state index is -0.624. The molecule has 0 aliphatic carbocycles. The zero-order valence-electron chi connectivity index (χ0n) is 37.9. The molecule has 15 heteroatoms. The monoisotopic (exact) mass is 894 g/mol. The van der Waals surface area contributed by atoms with Crippen molar-refractivity contribution in [3.63, 3.8) is 0 Å². The molecule has 14 nitrogen and oxygen atoms in total. The number of ether oxygens (including phenoxy) is 1. The van der Waals surface area contributed by atoms with Crippen LogP contribution in [0.1, 0.15) is 71.9 Å². The van der Waals surface area contributed by atoms with Crippen molar-refractivity contribution in [2.24, 2.45) is 13.0 Å². The minimum Gasteiger partial charge on any atom is -0.377 e. The van der Waals surface area contributed by atoms with Crippen molar-refractivity contribution in [1.82, 2.24) is 39.5 Å². The zero-order valence-corrected chi connectivity index (χ0v) is 37.9. The zero-order chi connectivity index (χ0) is 45.3. The number of carbonyl (C=O) groups excluding carboxylic acids is 3. The Morgan fingerprint density at radius 1 is 0.864 bits per heavy atom. The van der Waals surface area contributed by atoms with Gasteiger partial charge in [0.15, 0.2) is 0 Å². The van der Waals surface area contributed by atoms with Crippen LogP contribution in [-0.2, 0) is 34.5 Å². The van der Waals surface area contributed by atoms with Gasteiger partial charge in [-0.1, -0.05) is 18.2 Å². The third-order valence-corrected chi connectivity index (χ3v) is 14.4. The molecule has 0 bridgehead atoms. The Morgan fingerprint density at radius 2 is 1.65 bits per heavy atom. The van der Waals surface area contributed by atoms with E-state index in [1.807, 2.05) is 29.3 Å². The van der Waals surface area contributed by atoms with Gasteiger partial charge in [0.1, 0.15) is 29.9 Å². The number of carbonyl (C=O) groups is 3. The molecule has 66 heavy (non-hydrogen) atoms. The summed E-state index contributed by atoms with van der Waals surface area (Å²) in [4.78, 5) is 59.3. The van der Waals surface area contributed by atoms with Crippen LogP contribution < -0.4 is 15.5 Å². The Balaban J connectivity index is 0.666. The van der Waals surface area contributed by atoms with E-state index in [-0.39, 0.29) is 23.9 Å². The van der Waals surface area contributed by atoms with Gasteiger partial charge in [0.25, 0.3) is 5.91 Å². The second-order valence-corrected chi connectivity index (χ2v) is 18.6. The van der Waals surface area contributed by atoms with Gasteiger partial charge in [0.05, 0.1) is 16.7 Å². The van der Waals surface area contributed by atoms with Gasteiger partial charge in [0.2, 0.25) is 11.8 Å². The molecule has 4 aliphatic heterocycles. The van der Waals surface area contributed by atoms with Gasteiger partial charge in [0, 0.05) is 101 Å². The Labute approximate surface area is 384 Å². The molecular formula is C51H59FN10O4. The van der Waals surface area contributed by atoms with E-state index in [0.29, 0.717) is 24.9 Å². The summed E-state index contributed by atoms with van der Waals surface area (Å²) < 4.78 is 22.6. The molecule has 1 unspecified atom stereocenters. The lowest BCUT2D eigenvalue weighted by atomic mass is 9.88. The molecule has 0 spiro atoms. The molecule has 3 aromatic heterocycles. The first-order valence-electron chi connectivity index (χ1n) is 23.6. The second kappa shape index (κ2) is 19.0. The number of hydrogen-bond acceptors (Lipinski definition) is 10. The first-order chi connectivity index (χ1) is 32.1. The highest BCUT2D eigenvalue weighted by Gasteiger charge is 2.30. The van der Waals surface area contributed by atoms with E-state index < -0.39 is 17.8 Å². The summed E-state index contributed by atoms with van der Waals surface area (Å²) in [5.41, 5.74) is 9.62. The average molecular weight is 895 g/mol. The van der Waals surface area contributed by atoms with E-state index in [9.17, 15) is 14.4 Å². The van der Waals surface area contributed by atoms with Crippen LogP contribution in [-0.4, -0.2) is 124 Å². The molecule has 3 aromatic carbocycles. The quantitative estimate of drug-likeness (QED) is 0.114. The molecular weight excluding hydrogens is 836 g/mol. The number of likely N-dealkylation sites (tertiary alicyclic amines) is 2.